The summed E-state index contributed by atoms with van der Waals surface area (Å²) >= 11 is 0. The third-order valence-corrected chi connectivity index (χ3v) is 7.54. The fraction of sp³-hybridized carbons (Fsp3) is 0.929. The third-order valence-electron chi connectivity index (χ3n) is 5.58. The Balaban J connectivity index is 1.74. The van der Waals surface area contributed by atoms with Gasteiger partial charge in [0.15, 0.2) is 0 Å². The van der Waals surface area contributed by atoms with Crippen molar-refractivity contribution in [3.8, 4) is 0 Å². The van der Waals surface area contributed by atoms with E-state index in [1.54, 1.807) is 0 Å². The van der Waals surface area contributed by atoms with E-state index in [0.29, 0.717) is 13.0 Å². The Morgan fingerprint density at radius 1 is 1.20 bits per heavy atom. The highest BCUT2D eigenvalue weighted by atomic mass is 32.2. The molecule has 1 heterocycles. The van der Waals surface area contributed by atoms with Crippen LogP contribution in [0.5, 0.6) is 0 Å². The van der Waals surface area contributed by atoms with Crippen LogP contribution in [-0.2, 0) is 14.8 Å². The maximum atomic E-state index is 12.5. The van der Waals surface area contributed by atoms with Gasteiger partial charge in [0.1, 0.15) is 0 Å². The molecule has 3 fully saturated rings. The number of rotatable bonds is 4. The summed E-state index contributed by atoms with van der Waals surface area (Å²) in [5.41, 5.74) is -0.803. The highest BCUT2D eigenvalue weighted by Gasteiger charge is 2.57. The van der Waals surface area contributed by atoms with E-state index < -0.39 is 21.4 Å². The fourth-order valence-electron chi connectivity index (χ4n) is 4.38. The van der Waals surface area contributed by atoms with Crippen LogP contribution in [-0.4, -0.2) is 42.6 Å². The molecule has 0 amide bonds. The minimum absolute atomic E-state index is 0.0124. The van der Waals surface area contributed by atoms with Crippen molar-refractivity contribution in [2.75, 3.05) is 18.8 Å². The monoisotopic (exact) mass is 301 g/mol. The first-order valence-corrected chi connectivity index (χ1v) is 9.26. The van der Waals surface area contributed by atoms with Gasteiger partial charge in [0.2, 0.25) is 10.0 Å². The molecule has 0 bridgehead atoms. The smallest absolute Gasteiger partial charge is 0.311 e. The lowest BCUT2D eigenvalue weighted by Gasteiger charge is -2.23. The molecule has 2 saturated carbocycles. The molecule has 3 aliphatic rings. The maximum absolute atomic E-state index is 12.5. The second kappa shape index (κ2) is 4.98. The zero-order valence-corrected chi connectivity index (χ0v) is 12.6. The van der Waals surface area contributed by atoms with Crippen LogP contribution < -0.4 is 0 Å². The molecule has 0 aromatic rings. The van der Waals surface area contributed by atoms with E-state index in [9.17, 15) is 18.3 Å². The van der Waals surface area contributed by atoms with Crippen molar-refractivity contribution < 1.29 is 18.3 Å². The van der Waals surface area contributed by atoms with Gasteiger partial charge < -0.3 is 5.11 Å². The SMILES string of the molecule is O=C(O)[C@@]12CCC[C@H]1CN(S(=O)(=O)CC1CCCC1)C2. The van der Waals surface area contributed by atoms with Gasteiger partial charge in [-0.05, 0) is 37.5 Å². The Labute approximate surface area is 120 Å². The zero-order chi connectivity index (χ0) is 14.4. The molecule has 1 N–H and O–H groups in total. The Morgan fingerprint density at radius 2 is 1.90 bits per heavy atom. The lowest BCUT2D eigenvalue weighted by atomic mass is 9.81. The highest BCUT2D eigenvalue weighted by molar-refractivity contribution is 7.89. The van der Waals surface area contributed by atoms with Gasteiger partial charge in [-0.3, -0.25) is 4.79 Å². The van der Waals surface area contributed by atoms with Crippen LogP contribution in [0.4, 0.5) is 0 Å². The number of carboxylic acids is 1. The van der Waals surface area contributed by atoms with E-state index >= 15 is 0 Å². The molecule has 0 unspecified atom stereocenters. The molecular weight excluding hydrogens is 278 g/mol. The van der Waals surface area contributed by atoms with Crippen molar-refractivity contribution in [3.05, 3.63) is 0 Å². The standard InChI is InChI=1S/C14H23NO4S/c16-13(17)14-7-3-6-12(14)8-15(10-14)20(18,19)9-11-4-1-2-5-11/h11-12H,1-10H2,(H,16,17)/t12-,14+/m0/s1. The van der Waals surface area contributed by atoms with Crippen LogP contribution in [0.3, 0.4) is 0 Å². The Hall–Kier alpha value is -0.620. The predicted molar refractivity (Wildman–Crippen MR) is 74.7 cm³/mol. The van der Waals surface area contributed by atoms with Crippen molar-refractivity contribution in [1.82, 2.24) is 4.31 Å². The number of hydrogen-bond donors (Lipinski definition) is 1. The zero-order valence-electron chi connectivity index (χ0n) is 11.8. The highest BCUT2D eigenvalue weighted by Crippen LogP contribution is 2.49. The Kier molecular flexibility index (Phi) is 3.57. The summed E-state index contributed by atoms with van der Waals surface area (Å²) in [5, 5.41) is 9.52. The van der Waals surface area contributed by atoms with E-state index in [0.717, 1.165) is 38.5 Å². The molecule has 2 atom stereocenters. The first-order chi connectivity index (χ1) is 9.44. The molecule has 1 aliphatic heterocycles. The number of nitrogens with zero attached hydrogens (tertiary/aromatic N) is 1. The van der Waals surface area contributed by atoms with Crippen LogP contribution >= 0.6 is 0 Å². The largest absolute Gasteiger partial charge is 0.481 e. The molecular formula is C14H23NO4S. The van der Waals surface area contributed by atoms with E-state index in [2.05, 4.69) is 0 Å². The molecule has 3 rings (SSSR count). The number of carbonyl (C=O) groups is 1. The molecule has 2 aliphatic carbocycles. The summed E-state index contributed by atoms with van der Waals surface area (Å²) < 4.78 is 26.5. The van der Waals surface area contributed by atoms with Gasteiger partial charge in [0, 0.05) is 13.1 Å². The molecule has 6 heteroatoms. The summed E-state index contributed by atoms with van der Waals surface area (Å²) in [6, 6.07) is 0. The van der Waals surface area contributed by atoms with E-state index in [4.69, 9.17) is 0 Å². The summed E-state index contributed by atoms with van der Waals surface area (Å²) in [5.74, 6) is -0.298. The van der Waals surface area contributed by atoms with Gasteiger partial charge in [-0.1, -0.05) is 19.3 Å². The summed E-state index contributed by atoms with van der Waals surface area (Å²) in [7, 11) is -3.29. The molecule has 0 radical (unpaired) electrons. The van der Waals surface area contributed by atoms with Gasteiger partial charge in [0.05, 0.1) is 11.2 Å². The van der Waals surface area contributed by atoms with Gasteiger partial charge in [-0.25, -0.2) is 12.7 Å². The lowest BCUT2D eigenvalue weighted by molar-refractivity contribution is -0.149. The Morgan fingerprint density at radius 3 is 2.50 bits per heavy atom. The first-order valence-electron chi connectivity index (χ1n) is 7.65. The predicted octanol–water partition coefficient (Wildman–Crippen LogP) is 1.69. The number of sulfonamides is 1. The average Bonchev–Trinajstić information content (AvgIpc) is 3.00. The first kappa shape index (κ1) is 14.3. The molecule has 1 saturated heterocycles. The van der Waals surface area contributed by atoms with Crippen molar-refractivity contribution >= 4 is 16.0 Å². The van der Waals surface area contributed by atoms with Crippen molar-refractivity contribution in [2.45, 2.75) is 44.9 Å². The molecule has 5 nitrogen and oxygen atoms in total. The minimum atomic E-state index is -3.29. The molecule has 0 spiro atoms. The van der Waals surface area contributed by atoms with Crippen LogP contribution in [0.2, 0.25) is 0 Å². The maximum Gasteiger partial charge on any atom is 0.311 e. The number of carboxylic acid groups (broad SMARTS) is 1. The second-order valence-corrected chi connectivity index (χ2v) is 8.79. The van der Waals surface area contributed by atoms with Crippen molar-refractivity contribution in [1.29, 1.82) is 0 Å². The van der Waals surface area contributed by atoms with Crippen LogP contribution in [0, 0.1) is 17.3 Å². The van der Waals surface area contributed by atoms with Gasteiger partial charge in [-0.15, -0.1) is 0 Å². The third kappa shape index (κ3) is 2.26. The van der Waals surface area contributed by atoms with Gasteiger partial charge in [-0.2, -0.15) is 0 Å². The number of aliphatic carboxylic acids is 1. The minimum Gasteiger partial charge on any atom is -0.481 e. The Bertz CT molecular complexity index is 497. The van der Waals surface area contributed by atoms with Crippen molar-refractivity contribution in [2.24, 2.45) is 17.3 Å². The second-order valence-electron chi connectivity index (χ2n) is 6.77. The van der Waals surface area contributed by atoms with Crippen LogP contribution in [0.15, 0.2) is 0 Å². The van der Waals surface area contributed by atoms with Crippen LogP contribution in [0.25, 0.3) is 0 Å². The van der Waals surface area contributed by atoms with Gasteiger partial charge in [0.25, 0.3) is 0 Å². The summed E-state index contributed by atoms with van der Waals surface area (Å²) in [6.45, 7) is 0.614. The van der Waals surface area contributed by atoms with Crippen LogP contribution in [0.1, 0.15) is 44.9 Å². The topological polar surface area (TPSA) is 74.7 Å². The molecule has 0 aromatic heterocycles. The summed E-state index contributed by atoms with van der Waals surface area (Å²) in [4.78, 5) is 11.6. The van der Waals surface area contributed by atoms with Gasteiger partial charge >= 0.3 is 5.97 Å². The summed E-state index contributed by atoms with van der Waals surface area (Å²) in [6.07, 6.45) is 6.64. The molecule has 20 heavy (non-hydrogen) atoms. The normalized spacial score (nSPS) is 35.5. The van der Waals surface area contributed by atoms with E-state index in [1.807, 2.05) is 0 Å². The fourth-order valence-corrected chi connectivity index (χ4v) is 6.36. The van der Waals surface area contributed by atoms with E-state index in [1.165, 1.54) is 4.31 Å². The molecule has 114 valence electrons. The lowest BCUT2D eigenvalue weighted by Crippen LogP contribution is -2.38. The van der Waals surface area contributed by atoms with Crippen molar-refractivity contribution in [3.63, 3.8) is 0 Å². The number of fused-ring (bicyclic) bond motifs is 1. The molecule has 0 aromatic carbocycles. The number of hydrogen-bond acceptors (Lipinski definition) is 3. The quantitative estimate of drug-likeness (QED) is 0.857. The average molecular weight is 301 g/mol. The van der Waals surface area contributed by atoms with E-state index in [-0.39, 0.29) is 24.1 Å².